The molecule has 0 unspecified atom stereocenters. The van der Waals surface area contributed by atoms with Gasteiger partial charge in [-0.2, -0.15) is 0 Å². The molecular formula is C18H23NO. The number of phenols is 1. The van der Waals surface area contributed by atoms with Gasteiger partial charge in [0.15, 0.2) is 0 Å². The monoisotopic (exact) mass is 269 g/mol. The average Bonchev–Trinajstić information content (AvgIpc) is 2.97. The van der Waals surface area contributed by atoms with Crippen molar-refractivity contribution in [1.82, 2.24) is 4.90 Å². The number of aromatic hydroxyl groups is 1. The smallest absolute Gasteiger partial charge is 0.119 e. The molecule has 0 aromatic heterocycles. The summed E-state index contributed by atoms with van der Waals surface area (Å²) in [4.78, 5) is 2.82. The average molecular weight is 269 g/mol. The lowest BCUT2D eigenvalue weighted by Gasteiger charge is -2.59. The highest BCUT2D eigenvalue weighted by Crippen LogP contribution is 2.63. The molecule has 2 nitrogen and oxygen atoms in total. The summed E-state index contributed by atoms with van der Waals surface area (Å²) in [6, 6.07) is 7.59. The highest BCUT2D eigenvalue weighted by molar-refractivity contribution is 5.49. The summed E-state index contributed by atoms with van der Waals surface area (Å²) in [5.41, 5.74) is 2.81. The van der Waals surface area contributed by atoms with Crippen LogP contribution < -0.4 is 0 Å². The molecule has 1 aromatic rings. The van der Waals surface area contributed by atoms with Gasteiger partial charge in [-0.05, 0) is 55.7 Å². The van der Waals surface area contributed by atoms with Crippen molar-refractivity contribution < 1.29 is 5.11 Å². The Kier molecular flexibility index (Phi) is 2.33. The summed E-state index contributed by atoms with van der Waals surface area (Å²) in [5.74, 6) is 2.90. The first kappa shape index (κ1) is 11.6. The number of hydrogen-bond acceptors (Lipinski definition) is 2. The third-order valence-electron chi connectivity index (χ3n) is 6.62. The number of benzene rings is 1. The van der Waals surface area contributed by atoms with Crippen LogP contribution in [-0.4, -0.2) is 22.6 Å². The van der Waals surface area contributed by atoms with Gasteiger partial charge in [-0.25, -0.2) is 0 Å². The first-order valence-corrected chi connectivity index (χ1v) is 8.44. The Morgan fingerprint density at radius 1 is 1.00 bits per heavy atom. The second-order valence-electron chi connectivity index (χ2n) is 7.31. The first-order valence-electron chi connectivity index (χ1n) is 8.44. The van der Waals surface area contributed by atoms with Crippen LogP contribution in [-0.2, 0) is 0 Å². The molecular weight excluding hydrogens is 246 g/mol. The maximum atomic E-state index is 10.5. The topological polar surface area (TPSA) is 23.5 Å². The molecule has 1 aromatic carbocycles. The Morgan fingerprint density at radius 3 is 2.85 bits per heavy atom. The highest BCUT2D eigenvalue weighted by atomic mass is 16.3. The van der Waals surface area contributed by atoms with Gasteiger partial charge in [0.25, 0.3) is 0 Å². The Balaban J connectivity index is 1.74. The molecule has 5 aliphatic rings. The fourth-order valence-electron chi connectivity index (χ4n) is 6.10. The van der Waals surface area contributed by atoms with Gasteiger partial charge in [0.1, 0.15) is 5.75 Å². The van der Waals surface area contributed by atoms with E-state index >= 15 is 0 Å². The summed E-state index contributed by atoms with van der Waals surface area (Å²) >= 11 is 0. The number of piperidine rings is 2. The van der Waals surface area contributed by atoms with Crippen molar-refractivity contribution in [1.29, 1.82) is 0 Å². The van der Waals surface area contributed by atoms with Gasteiger partial charge in [0.05, 0.1) is 0 Å². The molecule has 1 N–H and O–H groups in total. The number of rotatable bonds is 0. The van der Waals surface area contributed by atoms with E-state index in [1.165, 1.54) is 56.2 Å². The normalized spacial score (nSPS) is 42.1. The van der Waals surface area contributed by atoms with Crippen LogP contribution in [0.15, 0.2) is 18.2 Å². The molecule has 2 bridgehead atoms. The van der Waals surface area contributed by atoms with Crippen molar-refractivity contribution in [2.24, 2.45) is 11.8 Å². The van der Waals surface area contributed by atoms with Gasteiger partial charge < -0.3 is 5.11 Å². The SMILES string of the molecule is Oc1cccc2c1[C@@H]1[C@H]3CCC[C@H]3[C@H]2N2CCCC[C@@H]12. The van der Waals surface area contributed by atoms with Gasteiger partial charge >= 0.3 is 0 Å². The fourth-order valence-corrected chi connectivity index (χ4v) is 6.10. The van der Waals surface area contributed by atoms with Crippen molar-refractivity contribution >= 4 is 0 Å². The summed E-state index contributed by atoms with van der Waals surface area (Å²) < 4.78 is 0. The van der Waals surface area contributed by atoms with E-state index < -0.39 is 0 Å². The lowest BCUT2D eigenvalue weighted by Crippen LogP contribution is -2.58. The van der Waals surface area contributed by atoms with Gasteiger partial charge in [-0.1, -0.05) is 25.0 Å². The van der Waals surface area contributed by atoms with E-state index in [-0.39, 0.29) is 0 Å². The molecule has 3 fully saturated rings. The molecule has 2 saturated heterocycles. The van der Waals surface area contributed by atoms with Crippen LogP contribution in [0, 0.1) is 11.8 Å². The maximum absolute atomic E-state index is 10.5. The van der Waals surface area contributed by atoms with Crippen LogP contribution in [0.25, 0.3) is 0 Å². The number of phenolic OH excluding ortho intramolecular Hbond substituents is 1. The standard InChI is InChI=1S/C18H23NO/c20-15-9-4-7-13-17(15)16-11-5-3-6-12(11)18(13)19-10-2-1-8-14(16)19/h4,7,9,11-12,14,16,18,20H,1-3,5-6,8,10H2/t11-,12+,14-,16+,18+/m0/s1. The highest BCUT2D eigenvalue weighted by Gasteiger charge is 2.57. The maximum Gasteiger partial charge on any atom is 0.119 e. The van der Waals surface area contributed by atoms with Crippen molar-refractivity contribution in [3.05, 3.63) is 29.3 Å². The molecule has 20 heavy (non-hydrogen) atoms. The Bertz CT molecular complexity index is 554. The predicted molar refractivity (Wildman–Crippen MR) is 78.8 cm³/mol. The third kappa shape index (κ3) is 1.29. The molecule has 0 spiro atoms. The van der Waals surface area contributed by atoms with Crippen LogP contribution in [0.3, 0.4) is 0 Å². The Labute approximate surface area is 120 Å². The quantitative estimate of drug-likeness (QED) is 0.774. The number of hydrogen-bond donors (Lipinski definition) is 1. The molecule has 2 aliphatic carbocycles. The first-order chi connectivity index (χ1) is 9.86. The van der Waals surface area contributed by atoms with Crippen LogP contribution >= 0.6 is 0 Å². The molecule has 3 heterocycles. The van der Waals surface area contributed by atoms with Gasteiger partial charge in [-0.3, -0.25) is 4.90 Å². The second-order valence-corrected chi connectivity index (χ2v) is 7.31. The van der Waals surface area contributed by atoms with Gasteiger partial charge in [-0.15, -0.1) is 0 Å². The van der Waals surface area contributed by atoms with Gasteiger partial charge in [0.2, 0.25) is 0 Å². The number of nitrogens with zero attached hydrogens (tertiary/aromatic N) is 1. The lowest BCUT2D eigenvalue weighted by molar-refractivity contribution is -0.0449. The Hall–Kier alpha value is -1.02. The zero-order valence-corrected chi connectivity index (χ0v) is 12.0. The summed E-state index contributed by atoms with van der Waals surface area (Å²) in [6.07, 6.45) is 8.29. The van der Waals surface area contributed by atoms with Crippen LogP contribution in [0.1, 0.15) is 61.6 Å². The zero-order chi connectivity index (χ0) is 13.3. The summed E-state index contributed by atoms with van der Waals surface area (Å²) in [5, 5.41) is 10.5. The summed E-state index contributed by atoms with van der Waals surface area (Å²) in [7, 11) is 0. The van der Waals surface area contributed by atoms with E-state index in [4.69, 9.17) is 0 Å². The van der Waals surface area contributed by atoms with Crippen LogP contribution in [0.4, 0.5) is 0 Å². The van der Waals surface area contributed by atoms with E-state index in [0.717, 1.165) is 11.8 Å². The minimum Gasteiger partial charge on any atom is -0.508 e. The minimum atomic E-state index is 0.577. The zero-order valence-electron chi connectivity index (χ0n) is 12.0. The molecule has 106 valence electrons. The molecule has 1 saturated carbocycles. The van der Waals surface area contributed by atoms with Crippen LogP contribution in [0.2, 0.25) is 0 Å². The van der Waals surface area contributed by atoms with Crippen LogP contribution in [0.5, 0.6) is 5.75 Å². The van der Waals surface area contributed by atoms with E-state index in [9.17, 15) is 5.11 Å². The largest absolute Gasteiger partial charge is 0.508 e. The third-order valence-corrected chi connectivity index (χ3v) is 6.62. The van der Waals surface area contributed by atoms with Crippen molar-refractivity contribution in [2.45, 2.75) is 56.5 Å². The second kappa shape index (κ2) is 4.00. The lowest BCUT2D eigenvalue weighted by atomic mass is 9.59. The summed E-state index contributed by atoms with van der Waals surface area (Å²) in [6.45, 7) is 1.28. The fraction of sp³-hybridized carbons (Fsp3) is 0.667. The van der Waals surface area contributed by atoms with E-state index in [1.54, 1.807) is 0 Å². The van der Waals surface area contributed by atoms with E-state index in [1.807, 2.05) is 6.07 Å². The van der Waals surface area contributed by atoms with E-state index in [2.05, 4.69) is 17.0 Å². The van der Waals surface area contributed by atoms with Crippen molar-refractivity contribution in [2.75, 3.05) is 6.54 Å². The van der Waals surface area contributed by atoms with Crippen molar-refractivity contribution in [3.8, 4) is 5.75 Å². The van der Waals surface area contributed by atoms with E-state index in [0.29, 0.717) is 23.8 Å². The Morgan fingerprint density at radius 2 is 1.90 bits per heavy atom. The molecule has 3 aliphatic heterocycles. The molecule has 2 heteroatoms. The molecule has 0 amide bonds. The predicted octanol–water partition coefficient (Wildman–Crippen LogP) is 3.81. The minimum absolute atomic E-state index is 0.577. The van der Waals surface area contributed by atoms with Gasteiger partial charge in [0, 0.05) is 23.6 Å². The van der Waals surface area contributed by atoms with Crippen molar-refractivity contribution in [3.63, 3.8) is 0 Å². The molecule has 5 atom stereocenters. The molecule has 6 rings (SSSR count). The molecule has 0 radical (unpaired) electrons.